The largest absolute Gasteiger partial charge is 0.466 e. The van der Waals surface area contributed by atoms with Gasteiger partial charge in [0.2, 0.25) is 0 Å². The number of fused-ring (bicyclic) bond motifs is 1. The van der Waals surface area contributed by atoms with Gasteiger partial charge in [0.1, 0.15) is 0 Å². The monoisotopic (exact) mass is 264 g/mol. The molecule has 3 heteroatoms. The molecular formula is C15H20O2S. The zero-order valence-corrected chi connectivity index (χ0v) is 11.9. The lowest BCUT2D eigenvalue weighted by molar-refractivity contribution is -0.142. The van der Waals surface area contributed by atoms with Gasteiger partial charge in [0.15, 0.2) is 0 Å². The Bertz CT molecular complexity index is 429. The van der Waals surface area contributed by atoms with Crippen molar-refractivity contribution in [1.29, 1.82) is 0 Å². The molecule has 0 spiro atoms. The van der Waals surface area contributed by atoms with Crippen molar-refractivity contribution >= 4 is 17.7 Å². The molecule has 0 radical (unpaired) electrons. The molecule has 2 nitrogen and oxygen atoms in total. The van der Waals surface area contributed by atoms with Crippen LogP contribution in [0.5, 0.6) is 0 Å². The van der Waals surface area contributed by atoms with E-state index in [1.807, 2.05) is 6.92 Å². The lowest BCUT2D eigenvalue weighted by Gasteiger charge is -2.11. The number of carbonyl (C=O) groups is 1. The van der Waals surface area contributed by atoms with Gasteiger partial charge in [-0.05, 0) is 49.4 Å². The van der Waals surface area contributed by atoms with E-state index in [9.17, 15) is 4.79 Å². The van der Waals surface area contributed by atoms with Gasteiger partial charge in [-0.25, -0.2) is 0 Å². The summed E-state index contributed by atoms with van der Waals surface area (Å²) in [4.78, 5) is 12.7. The number of thioether (sulfide) groups is 1. The van der Waals surface area contributed by atoms with Crippen LogP contribution in [0.25, 0.3) is 0 Å². The summed E-state index contributed by atoms with van der Waals surface area (Å²) in [5, 5.41) is 0.267. The molecule has 1 atom stereocenters. The molecule has 0 N–H and O–H groups in total. The van der Waals surface area contributed by atoms with Gasteiger partial charge in [-0.15, -0.1) is 11.8 Å². The van der Waals surface area contributed by atoms with Gasteiger partial charge in [-0.1, -0.05) is 13.0 Å². The van der Waals surface area contributed by atoms with Crippen LogP contribution in [0.3, 0.4) is 0 Å². The number of ether oxygens (including phenoxy) is 1. The van der Waals surface area contributed by atoms with E-state index in [4.69, 9.17) is 4.74 Å². The first-order chi connectivity index (χ1) is 8.69. The highest BCUT2D eigenvalue weighted by molar-refractivity contribution is 8.00. The Hall–Kier alpha value is -0.960. The third-order valence-electron chi connectivity index (χ3n) is 3.17. The number of esters is 1. The lowest BCUT2D eigenvalue weighted by atomic mass is 10.1. The number of carbonyl (C=O) groups excluding carboxylic acids is 1. The number of aryl methyl sites for hydroxylation is 2. The average Bonchev–Trinajstić information content (AvgIpc) is 2.76. The standard InChI is InChI=1S/C15H20O2S/c1-3-17-15(16)9-11(2)18-14-8-7-12-5-4-6-13(12)10-14/h7-8,10-11H,3-6,9H2,1-2H3. The van der Waals surface area contributed by atoms with Gasteiger partial charge in [-0.2, -0.15) is 0 Å². The smallest absolute Gasteiger partial charge is 0.306 e. The Kier molecular flexibility index (Phi) is 4.70. The SMILES string of the molecule is CCOC(=O)CC(C)Sc1ccc2c(c1)CCC2. The summed E-state index contributed by atoms with van der Waals surface area (Å²) >= 11 is 1.76. The fourth-order valence-electron chi connectivity index (χ4n) is 2.35. The zero-order chi connectivity index (χ0) is 13.0. The average molecular weight is 264 g/mol. The van der Waals surface area contributed by atoms with Gasteiger partial charge in [0, 0.05) is 10.1 Å². The summed E-state index contributed by atoms with van der Waals surface area (Å²) in [7, 11) is 0. The molecule has 0 amide bonds. The second-order valence-electron chi connectivity index (χ2n) is 4.72. The van der Waals surface area contributed by atoms with Crippen molar-refractivity contribution in [2.24, 2.45) is 0 Å². The Morgan fingerprint density at radius 3 is 2.94 bits per heavy atom. The van der Waals surface area contributed by atoms with E-state index < -0.39 is 0 Å². The Balaban J connectivity index is 1.91. The van der Waals surface area contributed by atoms with Crippen LogP contribution >= 0.6 is 11.8 Å². The first kappa shape index (κ1) is 13.5. The third kappa shape index (κ3) is 3.52. The quantitative estimate of drug-likeness (QED) is 0.600. The Morgan fingerprint density at radius 2 is 2.17 bits per heavy atom. The Morgan fingerprint density at radius 1 is 1.39 bits per heavy atom. The van der Waals surface area contributed by atoms with Crippen molar-refractivity contribution in [2.45, 2.75) is 49.7 Å². The zero-order valence-electron chi connectivity index (χ0n) is 11.1. The van der Waals surface area contributed by atoms with Crippen molar-refractivity contribution in [3.8, 4) is 0 Å². The topological polar surface area (TPSA) is 26.3 Å². The van der Waals surface area contributed by atoms with Crippen LogP contribution < -0.4 is 0 Å². The minimum Gasteiger partial charge on any atom is -0.466 e. The third-order valence-corrected chi connectivity index (χ3v) is 4.26. The van der Waals surface area contributed by atoms with Crippen molar-refractivity contribution in [3.05, 3.63) is 29.3 Å². The maximum atomic E-state index is 11.4. The minimum atomic E-state index is -0.0985. The molecule has 0 fully saturated rings. The van der Waals surface area contributed by atoms with E-state index in [0.717, 1.165) is 0 Å². The normalized spacial score (nSPS) is 15.2. The molecule has 98 valence electrons. The summed E-state index contributed by atoms with van der Waals surface area (Å²) in [5.41, 5.74) is 2.99. The molecular weight excluding hydrogens is 244 g/mol. The molecule has 1 aliphatic rings. The van der Waals surface area contributed by atoms with Crippen LogP contribution in [-0.4, -0.2) is 17.8 Å². The van der Waals surface area contributed by atoms with Crippen LogP contribution in [-0.2, 0) is 22.4 Å². The second-order valence-corrected chi connectivity index (χ2v) is 6.23. The lowest BCUT2D eigenvalue weighted by Crippen LogP contribution is -2.10. The molecule has 18 heavy (non-hydrogen) atoms. The van der Waals surface area contributed by atoms with Crippen molar-refractivity contribution < 1.29 is 9.53 Å². The molecule has 0 aliphatic heterocycles. The maximum Gasteiger partial charge on any atom is 0.306 e. The molecule has 2 rings (SSSR count). The van der Waals surface area contributed by atoms with Crippen molar-refractivity contribution in [1.82, 2.24) is 0 Å². The van der Waals surface area contributed by atoms with Gasteiger partial charge in [-0.3, -0.25) is 4.79 Å². The molecule has 0 aromatic heterocycles. The van der Waals surface area contributed by atoms with Crippen molar-refractivity contribution in [2.75, 3.05) is 6.61 Å². The minimum absolute atomic E-state index is 0.0985. The van der Waals surface area contributed by atoms with Crippen LogP contribution in [0, 0.1) is 0 Å². The highest BCUT2D eigenvalue weighted by Gasteiger charge is 2.14. The number of hydrogen-bond acceptors (Lipinski definition) is 3. The first-order valence-electron chi connectivity index (χ1n) is 6.63. The molecule has 0 saturated heterocycles. The fraction of sp³-hybridized carbons (Fsp3) is 0.533. The summed E-state index contributed by atoms with van der Waals surface area (Å²) < 4.78 is 4.97. The number of benzene rings is 1. The molecule has 1 aromatic rings. The molecule has 1 aliphatic carbocycles. The highest BCUT2D eigenvalue weighted by atomic mass is 32.2. The molecule has 0 bridgehead atoms. The summed E-state index contributed by atoms with van der Waals surface area (Å²) in [6.07, 6.45) is 4.19. The van der Waals surface area contributed by atoms with E-state index in [1.165, 1.54) is 35.3 Å². The maximum absolute atomic E-state index is 11.4. The van der Waals surface area contributed by atoms with E-state index in [0.29, 0.717) is 13.0 Å². The van der Waals surface area contributed by atoms with Crippen LogP contribution in [0.1, 0.15) is 37.8 Å². The van der Waals surface area contributed by atoms with Crippen molar-refractivity contribution in [3.63, 3.8) is 0 Å². The number of hydrogen-bond donors (Lipinski definition) is 0. The fourth-order valence-corrected chi connectivity index (χ4v) is 3.39. The number of rotatable bonds is 5. The predicted molar refractivity (Wildman–Crippen MR) is 75.0 cm³/mol. The second kappa shape index (κ2) is 6.28. The van der Waals surface area contributed by atoms with Gasteiger partial charge in [0.05, 0.1) is 13.0 Å². The van der Waals surface area contributed by atoms with E-state index >= 15 is 0 Å². The van der Waals surface area contributed by atoms with E-state index in [-0.39, 0.29) is 11.2 Å². The summed E-state index contributed by atoms with van der Waals surface area (Å²) in [6, 6.07) is 6.70. The van der Waals surface area contributed by atoms with E-state index in [2.05, 4.69) is 25.1 Å². The van der Waals surface area contributed by atoms with Crippen LogP contribution in [0.2, 0.25) is 0 Å². The van der Waals surface area contributed by atoms with Gasteiger partial charge < -0.3 is 4.74 Å². The molecule has 1 aromatic carbocycles. The summed E-state index contributed by atoms with van der Waals surface area (Å²) in [5.74, 6) is -0.0985. The summed E-state index contributed by atoms with van der Waals surface area (Å²) in [6.45, 7) is 4.39. The van der Waals surface area contributed by atoms with Crippen LogP contribution in [0.4, 0.5) is 0 Å². The predicted octanol–water partition coefficient (Wildman–Crippen LogP) is 3.61. The first-order valence-corrected chi connectivity index (χ1v) is 7.51. The Labute approximate surface area is 113 Å². The molecule has 0 heterocycles. The van der Waals surface area contributed by atoms with E-state index in [1.54, 1.807) is 11.8 Å². The molecule has 1 unspecified atom stereocenters. The highest BCUT2D eigenvalue weighted by Crippen LogP contribution is 2.30. The van der Waals surface area contributed by atoms with Gasteiger partial charge in [0.25, 0.3) is 0 Å². The molecule has 0 saturated carbocycles. The van der Waals surface area contributed by atoms with Crippen LogP contribution in [0.15, 0.2) is 23.1 Å². The van der Waals surface area contributed by atoms with Gasteiger partial charge >= 0.3 is 5.97 Å².